The van der Waals surface area contributed by atoms with Crippen LogP contribution in [0.1, 0.15) is 31.6 Å². The van der Waals surface area contributed by atoms with Crippen molar-refractivity contribution in [3.05, 3.63) is 24.2 Å². The molecule has 0 aliphatic carbocycles. The lowest BCUT2D eigenvalue weighted by atomic mass is 10.2. The summed E-state index contributed by atoms with van der Waals surface area (Å²) < 4.78 is 40.5. The average molecular weight is 343 g/mol. The van der Waals surface area contributed by atoms with E-state index in [1.807, 2.05) is 13.0 Å². The molecular formula is C15H25N3O4S. The monoisotopic (exact) mass is 343 g/mol. The Kier molecular flexibility index (Phi) is 5.38. The van der Waals surface area contributed by atoms with Gasteiger partial charge in [0, 0.05) is 32.2 Å². The molecule has 0 amide bonds. The van der Waals surface area contributed by atoms with E-state index in [4.69, 9.17) is 9.15 Å². The molecule has 3 heterocycles. The van der Waals surface area contributed by atoms with E-state index >= 15 is 0 Å². The fourth-order valence-electron chi connectivity index (χ4n) is 3.32. The van der Waals surface area contributed by atoms with Crippen LogP contribution in [0.2, 0.25) is 0 Å². The zero-order valence-corrected chi connectivity index (χ0v) is 14.3. The van der Waals surface area contributed by atoms with Crippen LogP contribution in [0.5, 0.6) is 0 Å². The largest absolute Gasteiger partial charge is 0.468 e. The van der Waals surface area contributed by atoms with Gasteiger partial charge in [0.05, 0.1) is 25.5 Å². The summed E-state index contributed by atoms with van der Waals surface area (Å²) in [6.07, 6.45) is 3.24. The van der Waals surface area contributed by atoms with Crippen molar-refractivity contribution in [2.45, 2.75) is 31.8 Å². The minimum atomic E-state index is -3.52. The lowest BCUT2D eigenvalue weighted by molar-refractivity contribution is 0.0353. The topological polar surface area (TPSA) is 75.0 Å². The van der Waals surface area contributed by atoms with Crippen LogP contribution in [-0.2, 0) is 14.9 Å². The van der Waals surface area contributed by atoms with E-state index in [0.717, 1.165) is 25.9 Å². The van der Waals surface area contributed by atoms with Gasteiger partial charge in [-0.1, -0.05) is 0 Å². The van der Waals surface area contributed by atoms with Crippen molar-refractivity contribution < 1.29 is 17.6 Å². The van der Waals surface area contributed by atoms with Crippen molar-refractivity contribution in [3.63, 3.8) is 0 Å². The first-order valence-corrected chi connectivity index (χ1v) is 9.63. The van der Waals surface area contributed by atoms with Gasteiger partial charge in [-0.15, -0.1) is 0 Å². The van der Waals surface area contributed by atoms with Crippen LogP contribution in [0.25, 0.3) is 0 Å². The second kappa shape index (κ2) is 7.31. The molecule has 1 aromatic rings. The zero-order valence-electron chi connectivity index (χ0n) is 13.5. The molecule has 2 atom stereocenters. The zero-order chi connectivity index (χ0) is 16.3. The smallest absolute Gasteiger partial charge is 0.280 e. The lowest BCUT2D eigenvalue weighted by Crippen LogP contribution is -2.49. The van der Waals surface area contributed by atoms with Gasteiger partial charge in [-0.25, -0.2) is 0 Å². The van der Waals surface area contributed by atoms with Gasteiger partial charge in [-0.3, -0.25) is 4.90 Å². The predicted octanol–water partition coefficient (Wildman–Crippen LogP) is 0.972. The van der Waals surface area contributed by atoms with Gasteiger partial charge in [-0.2, -0.15) is 17.4 Å². The highest BCUT2D eigenvalue weighted by atomic mass is 32.2. The maximum absolute atomic E-state index is 12.7. The molecule has 0 saturated carbocycles. The highest BCUT2D eigenvalue weighted by molar-refractivity contribution is 7.87. The number of hydrogen-bond acceptors (Lipinski definition) is 5. The molecule has 2 aliphatic heterocycles. The predicted molar refractivity (Wildman–Crippen MR) is 86.2 cm³/mol. The molecule has 8 heteroatoms. The number of nitrogens with zero attached hydrogens (tertiary/aromatic N) is 2. The summed E-state index contributed by atoms with van der Waals surface area (Å²) in [4.78, 5) is 2.23. The van der Waals surface area contributed by atoms with Gasteiger partial charge in [0.15, 0.2) is 0 Å². The van der Waals surface area contributed by atoms with Crippen molar-refractivity contribution in [2.24, 2.45) is 0 Å². The van der Waals surface area contributed by atoms with Gasteiger partial charge in [-0.05, 0) is 31.9 Å². The molecule has 2 saturated heterocycles. The summed E-state index contributed by atoms with van der Waals surface area (Å²) in [5.41, 5.74) is 0. The highest BCUT2D eigenvalue weighted by Crippen LogP contribution is 2.33. The molecule has 3 rings (SSSR count). The van der Waals surface area contributed by atoms with Crippen LogP contribution >= 0.6 is 0 Å². The van der Waals surface area contributed by atoms with E-state index < -0.39 is 10.2 Å². The van der Waals surface area contributed by atoms with Crippen LogP contribution < -0.4 is 4.72 Å². The second-order valence-corrected chi connectivity index (χ2v) is 7.88. The second-order valence-electron chi connectivity index (χ2n) is 6.22. The number of nitrogens with one attached hydrogen (secondary N) is 1. The third-order valence-corrected chi connectivity index (χ3v) is 6.12. The first-order chi connectivity index (χ1) is 11.1. The number of morpholine rings is 1. The Hall–Kier alpha value is -0.930. The van der Waals surface area contributed by atoms with Crippen molar-refractivity contribution in [3.8, 4) is 0 Å². The normalized spacial score (nSPS) is 25.7. The molecule has 0 bridgehead atoms. The Balaban J connectivity index is 1.61. The van der Waals surface area contributed by atoms with Crippen LogP contribution in [0.15, 0.2) is 22.8 Å². The van der Waals surface area contributed by atoms with Gasteiger partial charge in [0.25, 0.3) is 10.2 Å². The summed E-state index contributed by atoms with van der Waals surface area (Å²) in [7, 11) is -3.52. The van der Waals surface area contributed by atoms with E-state index in [0.29, 0.717) is 32.1 Å². The van der Waals surface area contributed by atoms with Gasteiger partial charge >= 0.3 is 0 Å². The van der Waals surface area contributed by atoms with E-state index in [-0.39, 0.29) is 12.1 Å². The van der Waals surface area contributed by atoms with Crippen LogP contribution in [0, 0.1) is 0 Å². The van der Waals surface area contributed by atoms with Crippen LogP contribution in [-0.4, -0.2) is 63.1 Å². The molecule has 1 aromatic heterocycles. The number of rotatable bonds is 6. The third kappa shape index (κ3) is 4.13. The summed E-state index contributed by atoms with van der Waals surface area (Å²) in [6.45, 7) is 6.27. The highest BCUT2D eigenvalue weighted by Gasteiger charge is 2.37. The quantitative estimate of drug-likeness (QED) is 0.833. The van der Waals surface area contributed by atoms with Crippen LogP contribution in [0.3, 0.4) is 0 Å². The van der Waals surface area contributed by atoms with E-state index in [1.54, 1.807) is 12.3 Å². The van der Waals surface area contributed by atoms with Gasteiger partial charge < -0.3 is 9.15 Å². The lowest BCUT2D eigenvalue weighted by Gasteiger charge is -2.30. The molecule has 23 heavy (non-hydrogen) atoms. The summed E-state index contributed by atoms with van der Waals surface area (Å²) in [5.74, 6) is 0.716. The summed E-state index contributed by atoms with van der Waals surface area (Å²) in [5, 5.41) is 0. The third-order valence-electron chi connectivity index (χ3n) is 4.37. The molecule has 2 aliphatic rings. The SMILES string of the molecule is CC(CN1CCOCC1)NS(=O)(=O)N1CCCC1c1ccco1. The number of hydrogen-bond donors (Lipinski definition) is 1. The fourth-order valence-corrected chi connectivity index (χ4v) is 4.96. The average Bonchev–Trinajstić information content (AvgIpc) is 3.19. The number of furan rings is 1. The standard InChI is InChI=1S/C15H25N3O4S/c1-13(12-17-7-10-21-11-8-17)16-23(19,20)18-6-2-4-14(18)15-5-3-9-22-15/h3,5,9,13-14,16H,2,4,6-8,10-12H2,1H3. The molecule has 130 valence electrons. The minimum absolute atomic E-state index is 0.143. The fraction of sp³-hybridized carbons (Fsp3) is 0.733. The van der Waals surface area contributed by atoms with Crippen molar-refractivity contribution in [1.82, 2.24) is 13.9 Å². The van der Waals surface area contributed by atoms with Gasteiger partial charge in [0.2, 0.25) is 0 Å². The van der Waals surface area contributed by atoms with Crippen molar-refractivity contribution in [2.75, 3.05) is 39.4 Å². The maximum Gasteiger partial charge on any atom is 0.280 e. The number of ether oxygens (including phenoxy) is 1. The van der Waals surface area contributed by atoms with E-state index in [2.05, 4.69) is 9.62 Å². The molecule has 2 unspecified atom stereocenters. The minimum Gasteiger partial charge on any atom is -0.468 e. The molecule has 7 nitrogen and oxygen atoms in total. The Bertz CT molecular complexity index is 584. The summed E-state index contributed by atoms with van der Waals surface area (Å²) in [6, 6.07) is 3.30. The Morgan fingerprint density at radius 2 is 2.13 bits per heavy atom. The molecule has 2 fully saturated rings. The molecule has 0 radical (unpaired) electrons. The van der Waals surface area contributed by atoms with Crippen LogP contribution in [0.4, 0.5) is 0 Å². The Morgan fingerprint density at radius 3 is 2.83 bits per heavy atom. The Morgan fingerprint density at radius 1 is 1.35 bits per heavy atom. The molecular weight excluding hydrogens is 318 g/mol. The first-order valence-electron chi connectivity index (χ1n) is 8.19. The van der Waals surface area contributed by atoms with E-state index in [1.165, 1.54) is 4.31 Å². The molecule has 1 N–H and O–H groups in total. The maximum atomic E-state index is 12.7. The molecule has 0 aromatic carbocycles. The Labute approximate surface area is 137 Å². The summed E-state index contributed by atoms with van der Waals surface area (Å²) >= 11 is 0. The van der Waals surface area contributed by atoms with E-state index in [9.17, 15) is 8.42 Å². The van der Waals surface area contributed by atoms with Crippen molar-refractivity contribution in [1.29, 1.82) is 0 Å². The molecule has 0 spiro atoms. The van der Waals surface area contributed by atoms with Crippen molar-refractivity contribution >= 4 is 10.2 Å². The first kappa shape index (κ1) is 16.9. The van der Waals surface area contributed by atoms with Gasteiger partial charge in [0.1, 0.15) is 5.76 Å².